The zero-order chi connectivity index (χ0) is 21.3. The van der Waals surface area contributed by atoms with Crippen LogP contribution in [-0.2, 0) is 11.3 Å². The Bertz CT molecular complexity index is 1290. The number of rotatable bonds is 5. The smallest absolute Gasteiger partial charge is 0.277 e. The average molecular weight is 406 g/mol. The number of methoxy groups -OCH3 is 1. The minimum absolute atomic E-state index is 0.171. The lowest BCUT2D eigenvalue weighted by atomic mass is 10.1. The van der Waals surface area contributed by atoms with Crippen LogP contribution < -0.4 is 15.6 Å². The summed E-state index contributed by atoms with van der Waals surface area (Å²) in [6.07, 6.45) is 3.14. The molecule has 4 aromatic rings. The predicted octanol–water partition coefficient (Wildman–Crippen LogP) is 3.26. The Labute approximate surface area is 171 Å². The largest absolute Gasteiger partial charge is 0.497 e. The molecule has 1 amide bonds. The maximum absolute atomic E-state index is 13.2. The van der Waals surface area contributed by atoms with Crippen LogP contribution in [0.25, 0.3) is 16.8 Å². The lowest BCUT2D eigenvalue weighted by molar-refractivity contribution is -0.116. The van der Waals surface area contributed by atoms with Crippen LogP contribution in [-0.4, -0.2) is 27.2 Å². The van der Waals surface area contributed by atoms with Gasteiger partial charge in [-0.2, -0.15) is 5.10 Å². The van der Waals surface area contributed by atoms with Gasteiger partial charge < -0.3 is 14.6 Å². The quantitative estimate of drug-likeness (QED) is 0.552. The second-order valence-electron chi connectivity index (χ2n) is 6.83. The maximum atomic E-state index is 13.2. The van der Waals surface area contributed by atoms with E-state index in [0.29, 0.717) is 22.5 Å². The molecule has 0 unspecified atom stereocenters. The Kier molecular flexibility index (Phi) is 5.05. The average Bonchev–Trinajstić information content (AvgIpc) is 3.17. The summed E-state index contributed by atoms with van der Waals surface area (Å²) in [6, 6.07) is 13.1. The van der Waals surface area contributed by atoms with Crippen molar-refractivity contribution in [3.63, 3.8) is 0 Å². The summed E-state index contributed by atoms with van der Waals surface area (Å²) >= 11 is 0. The highest BCUT2D eigenvalue weighted by molar-refractivity contribution is 5.91. The van der Waals surface area contributed by atoms with Gasteiger partial charge in [-0.05, 0) is 61.0 Å². The number of benzene rings is 2. The fourth-order valence-electron chi connectivity index (χ4n) is 3.17. The summed E-state index contributed by atoms with van der Waals surface area (Å²) < 4.78 is 21.2. The number of carbonyl (C=O) groups excluding carboxylic acids is 1. The first kappa shape index (κ1) is 19.4. The first-order chi connectivity index (χ1) is 14.4. The Morgan fingerprint density at radius 3 is 2.60 bits per heavy atom. The number of halogens is 1. The van der Waals surface area contributed by atoms with Crippen molar-refractivity contribution in [3.8, 4) is 17.0 Å². The number of aryl methyl sites for hydroxylation is 1. The number of aromatic nitrogens is 3. The van der Waals surface area contributed by atoms with E-state index < -0.39 is 0 Å². The van der Waals surface area contributed by atoms with E-state index in [0.717, 1.165) is 11.3 Å². The normalized spacial score (nSPS) is 10.9. The minimum Gasteiger partial charge on any atom is -0.497 e. The maximum Gasteiger partial charge on any atom is 0.277 e. The number of anilines is 1. The molecule has 0 spiro atoms. The molecule has 7 nitrogen and oxygen atoms in total. The van der Waals surface area contributed by atoms with Crippen molar-refractivity contribution in [2.75, 3.05) is 12.4 Å². The van der Waals surface area contributed by atoms with E-state index in [1.807, 2.05) is 24.3 Å². The van der Waals surface area contributed by atoms with E-state index >= 15 is 0 Å². The van der Waals surface area contributed by atoms with E-state index in [1.165, 1.54) is 33.5 Å². The molecule has 0 radical (unpaired) electrons. The molecule has 4 rings (SSSR count). The van der Waals surface area contributed by atoms with Crippen LogP contribution in [0, 0.1) is 12.7 Å². The predicted molar refractivity (Wildman–Crippen MR) is 111 cm³/mol. The zero-order valence-corrected chi connectivity index (χ0v) is 16.4. The van der Waals surface area contributed by atoms with Crippen molar-refractivity contribution < 1.29 is 13.9 Å². The third kappa shape index (κ3) is 3.80. The molecule has 0 bridgehead atoms. The van der Waals surface area contributed by atoms with Crippen molar-refractivity contribution in [2.24, 2.45) is 0 Å². The monoisotopic (exact) mass is 406 g/mol. The Morgan fingerprint density at radius 2 is 1.90 bits per heavy atom. The fraction of sp³-hybridized carbons (Fsp3) is 0.136. The van der Waals surface area contributed by atoms with E-state index in [1.54, 1.807) is 26.3 Å². The number of carbonyl (C=O) groups is 1. The van der Waals surface area contributed by atoms with E-state index in [4.69, 9.17) is 4.74 Å². The van der Waals surface area contributed by atoms with Crippen LogP contribution in [0.3, 0.4) is 0 Å². The molecule has 2 heterocycles. The molecule has 1 N–H and O–H groups in total. The van der Waals surface area contributed by atoms with Gasteiger partial charge in [-0.1, -0.05) is 0 Å². The highest BCUT2D eigenvalue weighted by Crippen LogP contribution is 2.21. The number of nitrogens with zero attached hydrogens (tertiary/aromatic N) is 3. The summed E-state index contributed by atoms with van der Waals surface area (Å²) in [6.45, 7) is 1.53. The summed E-state index contributed by atoms with van der Waals surface area (Å²) in [5.74, 6) is -0.0288. The Hall–Kier alpha value is -3.94. The standard InChI is InChI=1S/C22H19FN4O3/c1-14-11-16(23)5-8-18(14)24-21(28)13-26-9-10-27-20(22(26)29)12-19(25-27)15-3-6-17(30-2)7-4-15/h3-12H,13H2,1-2H3,(H,24,28). The zero-order valence-electron chi connectivity index (χ0n) is 16.4. The van der Waals surface area contributed by atoms with Crippen LogP contribution in [0.2, 0.25) is 0 Å². The van der Waals surface area contributed by atoms with Crippen LogP contribution >= 0.6 is 0 Å². The van der Waals surface area contributed by atoms with Crippen molar-refractivity contribution in [3.05, 3.63) is 82.7 Å². The second kappa shape index (κ2) is 7.82. The highest BCUT2D eigenvalue weighted by atomic mass is 19.1. The minimum atomic E-state index is -0.383. The molecule has 0 aliphatic heterocycles. The summed E-state index contributed by atoms with van der Waals surface area (Å²) in [7, 11) is 1.59. The van der Waals surface area contributed by atoms with Crippen LogP contribution in [0.15, 0.2) is 65.7 Å². The number of hydrogen-bond acceptors (Lipinski definition) is 4. The molecule has 0 atom stereocenters. The molecular formula is C22H19FN4O3. The van der Waals surface area contributed by atoms with Gasteiger partial charge in [-0.15, -0.1) is 0 Å². The Morgan fingerprint density at radius 1 is 1.13 bits per heavy atom. The SMILES string of the molecule is COc1ccc(-c2cc3c(=O)n(CC(=O)Nc4ccc(F)cc4C)ccn3n2)cc1. The molecule has 0 saturated heterocycles. The third-order valence-electron chi connectivity index (χ3n) is 4.77. The molecule has 0 aliphatic carbocycles. The first-order valence-electron chi connectivity index (χ1n) is 9.24. The molecule has 2 aromatic heterocycles. The number of fused-ring (bicyclic) bond motifs is 1. The molecule has 152 valence electrons. The summed E-state index contributed by atoms with van der Waals surface area (Å²) in [4.78, 5) is 25.2. The van der Waals surface area contributed by atoms with Gasteiger partial charge in [-0.25, -0.2) is 8.91 Å². The first-order valence-corrected chi connectivity index (χ1v) is 9.24. The van der Waals surface area contributed by atoms with Crippen molar-refractivity contribution in [1.29, 1.82) is 0 Å². The van der Waals surface area contributed by atoms with Crippen LogP contribution in [0.4, 0.5) is 10.1 Å². The highest BCUT2D eigenvalue weighted by Gasteiger charge is 2.12. The number of hydrogen-bond donors (Lipinski definition) is 1. The van der Waals surface area contributed by atoms with Crippen LogP contribution in [0.5, 0.6) is 5.75 Å². The van der Waals surface area contributed by atoms with E-state index in [9.17, 15) is 14.0 Å². The van der Waals surface area contributed by atoms with Gasteiger partial charge in [0.15, 0.2) is 0 Å². The third-order valence-corrected chi connectivity index (χ3v) is 4.77. The molecule has 2 aromatic carbocycles. The van der Waals surface area contributed by atoms with Gasteiger partial charge in [0.05, 0.1) is 12.8 Å². The van der Waals surface area contributed by atoms with Crippen molar-refractivity contribution in [2.45, 2.75) is 13.5 Å². The summed E-state index contributed by atoms with van der Waals surface area (Å²) in [5.41, 5.74) is 2.60. The molecule has 0 fully saturated rings. The van der Waals surface area contributed by atoms with E-state index in [-0.39, 0.29) is 23.8 Å². The molecular weight excluding hydrogens is 387 g/mol. The molecule has 0 saturated carbocycles. The topological polar surface area (TPSA) is 77.6 Å². The van der Waals surface area contributed by atoms with Crippen LogP contribution in [0.1, 0.15) is 5.56 Å². The molecule has 8 heteroatoms. The van der Waals surface area contributed by atoms with Gasteiger partial charge >= 0.3 is 0 Å². The van der Waals surface area contributed by atoms with Crippen molar-refractivity contribution >= 4 is 17.1 Å². The Balaban J connectivity index is 1.58. The van der Waals surface area contributed by atoms with Crippen molar-refractivity contribution in [1.82, 2.24) is 14.2 Å². The lowest BCUT2D eigenvalue weighted by Crippen LogP contribution is -2.28. The molecule has 0 aliphatic rings. The van der Waals surface area contributed by atoms with Gasteiger partial charge in [0.25, 0.3) is 5.56 Å². The fourth-order valence-corrected chi connectivity index (χ4v) is 3.17. The lowest BCUT2D eigenvalue weighted by Gasteiger charge is -2.10. The van der Waals surface area contributed by atoms with Gasteiger partial charge in [-0.3, -0.25) is 9.59 Å². The van der Waals surface area contributed by atoms with Gasteiger partial charge in [0.1, 0.15) is 23.6 Å². The number of amides is 1. The van der Waals surface area contributed by atoms with Gasteiger partial charge in [0, 0.05) is 23.6 Å². The van der Waals surface area contributed by atoms with E-state index in [2.05, 4.69) is 10.4 Å². The second-order valence-corrected chi connectivity index (χ2v) is 6.83. The van der Waals surface area contributed by atoms with Gasteiger partial charge in [0.2, 0.25) is 5.91 Å². The number of ether oxygens (including phenoxy) is 1. The summed E-state index contributed by atoms with van der Waals surface area (Å²) in [5, 5.41) is 7.14. The molecule has 30 heavy (non-hydrogen) atoms. The number of nitrogens with one attached hydrogen (secondary N) is 1.